The lowest BCUT2D eigenvalue weighted by Gasteiger charge is -2.40. The Morgan fingerprint density at radius 3 is 1.85 bits per heavy atom. The van der Waals surface area contributed by atoms with E-state index in [1.165, 1.54) is 69.4 Å². The van der Waals surface area contributed by atoms with Gasteiger partial charge in [-0.15, -0.1) is 0 Å². The van der Waals surface area contributed by atoms with E-state index in [1.54, 1.807) is 4.90 Å². The maximum absolute atomic E-state index is 2.43. The third-order valence-corrected chi connectivity index (χ3v) is 7.14. The number of hydrogen-bond donors (Lipinski definition) is 2. The molecule has 0 spiro atoms. The largest absolute Gasteiger partial charge is 0.323 e. The Kier molecular flexibility index (Phi) is 6.26. The van der Waals surface area contributed by atoms with Gasteiger partial charge < -0.3 is 9.80 Å². The van der Waals surface area contributed by atoms with Gasteiger partial charge in [-0.1, -0.05) is 74.0 Å². The van der Waals surface area contributed by atoms with Crippen LogP contribution in [0.25, 0.3) is 0 Å². The highest BCUT2D eigenvalue weighted by atomic mass is 15.3. The average Bonchev–Trinajstić information content (AvgIpc) is 2.76. The number of benzene rings is 2. The summed E-state index contributed by atoms with van der Waals surface area (Å²) in [5, 5.41) is 0. The van der Waals surface area contributed by atoms with Crippen LogP contribution in [0.4, 0.5) is 0 Å². The van der Waals surface area contributed by atoms with E-state index in [0.29, 0.717) is 12.0 Å². The molecule has 0 amide bonds. The highest BCUT2D eigenvalue weighted by Crippen LogP contribution is 2.28. The molecule has 144 valence electrons. The van der Waals surface area contributed by atoms with E-state index in [1.807, 2.05) is 4.90 Å². The van der Waals surface area contributed by atoms with E-state index in [-0.39, 0.29) is 0 Å². The molecule has 2 aromatic rings. The second-order valence-corrected chi connectivity index (χ2v) is 8.74. The van der Waals surface area contributed by atoms with Crippen LogP contribution in [-0.2, 0) is 0 Å². The third kappa shape index (κ3) is 4.44. The predicted molar refractivity (Wildman–Crippen MR) is 112 cm³/mol. The molecule has 2 atom stereocenters. The van der Waals surface area contributed by atoms with Gasteiger partial charge in [0.1, 0.15) is 32.2 Å². The fraction of sp³-hybridized carbons (Fsp3) is 0.520. The summed E-state index contributed by atoms with van der Waals surface area (Å²) < 4.78 is 0. The van der Waals surface area contributed by atoms with Crippen molar-refractivity contribution in [1.82, 2.24) is 0 Å². The summed E-state index contributed by atoms with van der Waals surface area (Å²) in [6.07, 6.45) is 7.32. The Hall–Kier alpha value is -1.64. The third-order valence-electron chi connectivity index (χ3n) is 7.14. The maximum atomic E-state index is 2.43. The van der Waals surface area contributed by atoms with Crippen molar-refractivity contribution in [2.45, 2.75) is 57.0 Å². The zero-order valence-electron chi connectivity index (χ0n) is 16.9. The molecule has 2 aromatic carbocycles. The Morgan fingerprint density at radius 2 is 1.26 bits per heavy atom. The van der Waals surface area contributed by atoms with Crippen molar-refractivity contribution in [3.63, 3.8) is 0 Å². The minimum Gasteiger partial charge on any atom is -0.323 e. The van der Waals surface area contributed by atoms with Gasteiger partial charge in [0, 0.05) is 11.5 Å². The summed E-state index contributed by atoms with van der Waals surface area (Å²) in [4.78, 5) is 3.69. The molecule has 0 bridgehead atoms. The van der Waals surface area contributed by atoms with Gasteiger partial charge in [-0.05, 0) is 31.2 Å². The number of rotatable bonds is 5. The van der Waals surface area contributed by atoms with Gasteiger partial charge in [0.25, 0.3) is 0 Å². The lowest BCUT2D eigenvalue weighted by atomic mass is 9.86. The Bertz CT molecular complexity index is 670. The molecule has 2 N–H and O–H groups in total. The van der Waals surface area contributed by atoms with Crippen LogP contribution >= 0.6 is 0 Å². The van der Waals surface area contributed by atoms with Crippen molar-refractivity contribution in [1.29, 1.82) is 0 Å². The van der Waals surface area contributed by atoms with Crippen LogP contribution in [0.5, 0.6) is 0 Å². The van der Waals surface area contributed by atoms with Gasteiger partial charge in [-0.3, -0.25) is 0 Å². The zero-order valence-corrected chi connectivity index (χ0v) is 16.9. The minimum atomic E-state index is 0.542. The molecule has 1 heterocycles. The fourth-order valence-corrected chi connectivity index (χ4v) is 5.61. The van der Waals surface area contributed by atoms with E-state index in [4.69, 9.17) is 0 Å². The first-order valence-electron chi connectivity index (χ1n) is 11.1. The molecule has 0 radical (unpaired) electrons. The van der Waals surface area contributed by atoms with E-state index >= 15 is 0 Å². The molecule has 2 fully saturated rings. The molecule has 4 rings (SSSR count). The maximum Gasteiger partial charge on any atom is 0.128 e. The second kappa shape index (κ2) is 9.03. The molecular formula is C25H36N2+2. The standard InChI is InChI=1S/C25H34N2/c1-21(22-11-5-2-6-12-22)25(23-13-7-3-8-14-23)27-19-17-26(18-20-27)24-15-9-4-10-16-24/h2-3,5-8,11-14,21,24-25H,4,9-10,15-20H2,1H3/p+2/t21-,25-/m0/s1. The molecule has 0 unspecified atom stereocenters. The van der Waals surface area contributed by atoms with Crippen molar-refractivity contribution in [3.8, 4) is 0 Å². The van der Waals surface area contributed by atoms with Crippen LogP contribution in [0.15, 0.2) is 60.7 Å². The number of quaternary nitrogens is 2. The van der Waals surface area contributed by atoms with Gasteiger partial charge in [0.15, 0.2) is 0 Å². The highest BCUT2D eigenvalue weighted by molar-refractivity contribution is 5.26. The number of nitrogens with one attached hydrogen (secondary N) is 2. The molecular weight excluding hydrogens is 328 g/mol. The second-order valence-electron chi connectivity index (χ2n) is 8.74. The lowest BCUT2D eigenvalue weighted by molar-refractivity contribution is -1.04. The smallest absolute Gasteiger partial charge is 0.128 e. The summed E-state index contributed by atoms with van der Waals surface area (Å²) >= 11 is 0. The molecule has 2 heteroatoms. The number of piperazine rings is 1. The van der Waals surface area contributed by atoms with Gasteiger partial charge >= 0.3 is 0 Å². The van der Waals surface area contributed by atoms with Crippen molar-refractivity contribution in [2.24, 2.45) is 0 Å². The van der Waals surface area contributed by atoms with Crippen molar-refractivity contribution in [3.05, 3.63) is 71.8 Å². The summed E-state index contributed by atoms with van der Waals surface area (Å²) in [6, 6.07) is 23.9. The minimum absolute atomic E-state index is 0.542. The quantitative estimate of drug-likeness (QED) is 0.807. The summed E-state index contributed by atoms with van der Waals surface area (Å²) in [6.45, 7) is 7.75. The van der Waals surface area contributed by atoms with E-state index in [0.717, 1.165) is 6.04 Å². The van der Waals surface area contributed by atoms with Crippen LogP contribution in [0.3, 0.4) is 0 Å². The van der Waals surface area contributed by atoms with Crippen LogP contribution in [-0.4, -0.2) is 32.2 Å². The van der Waals surface area contributed by atoms with Gasteiger partial charge in [-0.25, -0.2) is 0 Å². The molecule has 1 saturated carbocycles. The van der Waals surface area contributed by atoms with Crippen LogP contribution in [0, 0.1) is 0 Å². The molecule has 27 heavy (non-hydrogen) atoms. The van der Waals surface area contributed by atoms with E-state index in [9.17, 15) is 0 Å². The molecule has 2 nitrogen and oxygen atoms in total. The van der Waals surface area contributed by atoms with Gasteiger partial charge in [0.05, 0.1) is 6.04 Å². The summed E-state index contributed by atoms with van der Waals surface area (Å²) in [5.74, 6) is 0.542. The van der Waals surface area contributed by atoms with Crippen LogP contribution in [0.1, 0.15) is 62.1 Å². The van der Waals surface area contributed by atoms with Crippen molar-refractivity contribution in [2.75, 3.05) is 26.2 Å². The van der Waals surface area contributed by atoms with Crippen LogP contribution in [0.2, 0.25) is 0 Å². The lowest BCUT2D eigenvalue weighted by Crippen LogP contribution is -3.29. The first-order valence-corrected chi connectivity index (χ1v) is 11.1. The molecule has 2 aliphatic rings. The SMILES string of the molecule is C[C@@H](c1ccccc1)[C@@H](c1ccccc1)[NH+]1CC[NH+](C2CCCCC2)CC1. The fourth-order valence-electron chi connectivity index (χ4n) is 5.61. The summed E-state index contributed by atoms with van der Waals surface area (Å²) in [5.41, 5.74) is 2.98. The molecule has 0 aromatic heterocycles. The average molecular weight is 365 g/mol. The monoisotopic (exact) mass is 364 g/mol. The van der Waals surface area contributed by atoms with Crippen molar-refractivity contribution >= 4 is 0 Å². The van der Waals surface area contributed by atoms with Crippen molar-refractivity contribution < 1.29 is 9.80 Å². The summed E-state index contributed by atoms with van der Waals surface area (Å²) in [7, 11) is 0. The molecule has 1 aliphatic carbocycles. The van der Waals surface area contributed by atoms with E-state index < -0.39 is 0 Å². The molecule has 1 aliphatic heterocycles. The van der Waals surface area contributed by atoms with Crippen LogP contribution < -0.4 is 9.80 Å². The predicted octanol–water partition coefficient (Wildman–Crippen LogP) is 2.65. The Balaban J connectivity index is 1.50. The van der Waals surface area contributed by atoms with E-state index in [2.05, 4.69) is 67.6 Å². The first kappa shape index (κ1) is 18.7. The first-order chi connectivity index (χ1) is 13.3. The highest BCUT2D eigenvalue weighted by Gasteiger charge is 2.37. The topological polar surface area (TPSA) is 8.88 Å². The Morgan fingerprint density at radius 1 is 0.704 bits per heavy atom. The molecule has 1 saturated heterocycles. The van der Waals surface area contributed by atoms with Gasteiger partial charge in [0.2, 0.25) is 0 Å². The Labute approximate surface area is 165 Å². The normalized spacial score (nSPS) is 26.4. The number of hydrogen-bond acceptors (Lipinski definition) is 0. The zero-order chi connectivity index (χ0) is 18.5. The van der Waals surface area contributed by atoms with Gasteiger partial charge in [-0.2, -0.15) is 0 Å².